The van der Waals surface area contributed by atoms with E-state index in [1.54, 1.807) is 11.3 Å². The van der Waals surface area contributed by atoms with E-state index in [9.17, 15) is 0 Å². The molecule has 1 nitrogen and oxygen atoms in total. The lowest BCUT2D eigenvalue weighted by molar-refractivity contribution is 0.566. The van der Waals surface area contributed by atoms with Crippen molar-refractivity contribution in [1.82, 2.24) is 0 Å². The average Bonchev–Trinajstić information content (AvgIpc) is 2.59. The molecule has 0 fully saturated rings. The molecule has 14 heavy (non-hydrogen) atoms. The quantitative estimate of drug-likeness (QED) is 0.762. The molecule has 1 heterocycles. The van der Waals surface area contributed by atoms with E-state index in [-0.39, 0.29) is 6.04 Å². The zero-order chi connectivity index (χ0) is 10.4. The van der Waals surface area contributed by atoms with Crippen LogP contribution in [0.2, 0.25) is 0 Å². The van der Waals surface area contributed by atoms with E-state index in [1.165, 1.54) is 35.7 Å². The van der Waals surface area contributed by atoms with Crippen molar-refractivity contribution in [3.63, 3.8) is 0 Å². The van der Waals surface area contributed by atoms with E-state index >= 15 is 0 Å². The maximum absolute atomic E-state index is 6.10. The van der Waals surface area contributed by atoms with Gasteiger partial charge in [-0.3, -0.25) is 0 Å². The second kappa shape index (κ2) is 6.59. The van der Waals surface area contributed by atoms with Gasteiger partial charge in [-0.25, -0.2) is 0 Å². The number of hydrogen-bond acceptors (Lipinski definition) is 2. The number of unbranched alkanes of at least 4 members (excludes halogenated alkanes) is 3. The molecule has 0 saturated carbocycles. The summed E-state index contributed by atoms with van der Waals surface area (Å²) < 4.78 is 1.17. The van der Waals surface area contributed by atoms with Crippen molar-refractivity contribution in [3.8, 4) is 0 Å². The molecule has 80 valence electrons. The van der Waals surface area contributed by atoms with Gasteiger partial charge < -0.3 is 5.73 Å². The highest BCUT2D eigenvalue weighted by Gasteiger charge is 2.09. The normalized spacial score (nSPS) is 13.1. The second-order valence-corrected chi connectivity index (χ2v) is 5.23. The van der Waals surface area contributed by atoms with Crippen molar-refractivity contribution in [3.05, 3.63) is 20.8 Å². The summed E-state index contributed by atoms with van der Waals surface area (Å²) in [7, 11) is 0. The van der Waals surface area contributed by atoms with Gasteiger partial charge in [-0.15, -0.1) is 0 Å². The lowest BCUT2D eigenvalue weighted by Gasteiger charge is -2.10. The van der Waals surface area contributed by atoms with Crippen LogP contribution in [0.4, 0.5) is 0 Å². The Kier molecular flexibility index (Phi) is 5.75. The van der Waals surface area contributed by atoms with E-state index < -0.39 is 0 Å². The molecule has 0 saturated heterocycles. The first kappa shape index (κ1) is 12.2. The van der Waals surface area contributed by atoms with Crippen LogP contribution in [0.5, 0.6) is 0 Å². The molecule has 0 aliphatic carbocycles. The van der Waals surface area contributed by atoms with Crippen molar-refractivity contribution < 1.29 is 0 Å². The predicted molar refractivity (Wildman–Crippen MR) is 67.7 cm³/mol. The molecular formula is C11H18BrNS. The van der Waals surface area contributed by atoms with Crippen LogP contribution in [0, 0.1) is 0 Å². The summed E-state index contributed by atoms with van der Waals surface area (Å²) in [4.78, 5) is 0. The summed E-state index contributed by atoms with van der Waals surface area (Å²) in [6, 6.07) is 0.215. The van der Waals surface area contributed by atoms with Gasteiger partial charge in [0.05, 0.1) is 0 Å². The highest BCUT2D eigenvalue weighted by Crippen LogP contribution is 2.28. The molecule has 1 unspecified atom stereocenters. The Morgan fingerprint density at radius 1 is 1.36 bits per heavy atom. The topological polar surface area (TPSA) is 26.0 Å². The van der Waals surface area contributed by atoms with E-state index in [4.69, 9.17) is 5.73 Å². The van der Waals surface area contributed by atoms with Crippen LogP contribution in [-0.4, -0.2) is 0 Å². The molecule has 0 spiro atoms. The van der Waals surface area contributed by atoms with E-state index in [2.05, 4.69) is 33.6 Å². The highest BCUT2D eigenvalue weighted by molar-refractivity contribution is 9.10. The molecule has 0 aromatic carbocycles. The molecule has 0 amide bonds. The predicted octanol–water partition coefficient (Wildman–Crippen LogP) is 4.48. The standard InChI is InChI=1S/C11H18BrNS/c1-2-3-4-5-6-11(13)9-7-14-8-10(9)12/h7-8,11H,2-6,13H2,1H3. The van der Waals surface area contributed by atoms with Crippen LogP contribution in [0.1, 0.15) is 50.6 Å². The second-order valence-electron chi connectivity index (χ2n) is 3.63. The fourth-order valence-corrected chi connectivity index (χ4v) is 3.16. The summed E-state index contributed by atoms with van der Waals surface area (Å²) in [5, 5.41) is 4.25. The molecule has 0 bridgehead atoms. The third kappa shape index (κ3) is 3.71. The van der Waals surface area contributed by atoms with E-state index in [0.717, 1.165) is 6.42 Å². The van der Waals surface area contributed by atoms with Crippen molar-refractivity contribution in [2.75, 3.05) is 0 Å². The van der Waals surface area contributed by atoms with Gasteiger partial charge in [-0.05, 0) is 33.3 Å². The van der Waals surface area contributed by atoms with Gasteiger partial charge in [0.15, 0.2) is 0 Å². The molecule has 1 rings (SSSR count). The van der Waals surface area contributed by atoms with Crippen molar-refractivity contribution in [2.24, 2.45) is 5.73 Å². The van der Waals surface area contributed by atoms with E-state index in [1.807, 2.05) is 0 Å². The highest BCUT2D eigenvalue weighted by atomic mass is 79.9. The monoisotopic (exact) mass is 275 g/mol. The SMILES string of the molecule is CCCCCCC(N)c1cscc1Br. The fraction of sp³-hybridized carbons (Fsp3) is 0.636. The van der Waals surface area contributed by atoms with Crippen molar-refractivity contribution in [2.45, 2.75) is 45.1 Å². The van der Waals surface area contributed by atoms with Gasteiger partial charge in [-0.2, -0.15) is 11.3 Å². The lowest BCUT2D eigenvalue weighted by atomic mass is 10.0. The first-order chi connectivity index (χ1) is 6.75. The van der Waals surface area contributed by atoms with Crippen LogP contribution >= 0.6 is 27.3 Å². The largest absolute Gasteiger partial charge is 0.324 e. The smallest absolute Gasteiger partial charge is 0.0330 e. The Bertz CT molecular complexity index is 260. The Hall–Kier alpha value is 0.140. The molecular weight excluding hydrogens is 258 g/mol. The third-order valence-electron chi connectivity index (χ3n) is 2.41. The zero-order valence-corrected chi connectivity index (χ0v) is 11.0. The van der Waals surface area contributed by atoms with Gasteiger partial charge in [-0.1, -0.05) is 32.6 Å². The average molecular weight is 276 g/mol. The summed E-state index contributed by atoms with van der Waals surface area (Å²) in [5.41, 5.74) is 7.37. The van der Waals surface area contributed by atoms with Crippen molar-refractivity contribution >= 4 is 27.3 Å². The minimum Gasteiger partial charge on any atom is -0.324 e. The number of rotatable bonds is 6. The number of hydrogen-bond donors (Lipinski definition) is 1. The molecule has 0 aliphatic heterocycles. The van der Waals surface area contributed by atoms with Gasteiger partial charge in [0.25, 0.3) is 0 Å². The molecule has 1 atom stereocenters. The Balaban J connectivity index is 2.28. The molecule has 0 aliphatic rings. The third-order valence-corrected chi connectivity index (χ3v) is 4.16. The number of nitrogens with two attached hydrogens (primary N) is 1. The zero-order valence-electron chi connectivity index (χ0n) is 8.63. The lowest BCUT2D eigenvalue weighted by Crippen LogP contribution is -2.09. The maximum Gasteiger partial charge on any atom is 0.0330 e. The number of thiophene rings is 1. The summed E-state index contributed by atoms with van der Waals surface area (Å²) >= 11 is 5.23. The Morgan fingerprint density at radius 3 is 2.71 bits per heavy atom. The maximum atomic E-state index is 6.10. The molecule has 1 aromatic rings. The van der Waals surface area contributed by atoms with Gasteiger partial charge in [0, 0.05) is 15.9 Å². The summed E-state index contributed by atoms with van der Waals surface area (Å²) in [6.45, 7) is 2.23. The van der Waals surface area contributed by atoms with Crippen molar-refractivity contribution in [1.29, 1.82) is 0 Å². The first-order valence-corrected chi connectivity index (χ1v) is 6.96. The Morgan fingerprint density at radius 2 is 2.14 bits per heavy atom. The van der Waals surface area contributed by atoms with Gasteiger partial charge in [0.2, 0.25) is 0 Å². The van der Waals surface area contributed by atoms with Crippen LogP contribution in [0.25, 0.3) is 0 Å². The summed E-state index contributed by atoms with van der Waals surface area (Å²) in [6.07, 6.45) is 6.29. The summed E-state index contributed by atoms with van der Waals surface area (Å²) in [5.74, 6) is 0. The van der Waals surface area contributed by atoms with Crippen LogP contribution in [0.3, 0.4) is 0 Å². The first-order valence-electron chi connectivity index (χ1n) is 5.23. The van der Waals surface area contributed by atoms with Gasteiger partial charge in [0.1, 0.15) is 0 Å². The van der Waals surface area contributed by atoms with Crippen LogP contribution < -0.4 is 5.73 Å². The minimum absolute atomic E-state index is 0.215. The molecule has 0 radical (unpaired) electrons. The molecule has 1 aromatic heterocycles. The molecule has 2 N–H and O–H groups in total. The Labute approximate surface area is 98.8 Å². The van der Waals surface area contributed by atoms with Crippen LogP contribution in [-0.2, 0) is 0 Å². The number of halogens is 1. The van der Waals surface area contributed by atoms with Crippen LogP contribution in [0.15, 0.2) is 15.2 Å². The van der Waals surface area contributed by atoms with E-state index in [0.29, 0.717) is 0 Å². The molecule has 3 heteroatoms. The fourth-order valence-electron chi connectivity index (χ4n) is 1.50. The van der Waals surface area contributed by atoms with Gasteiger partial charge >= 0.3 is 0 Å². The minimum atomic E-state index is 0.215.